The lowest BCUT2D eigenvalue weighted by atomic mass is 10.4. The van der Waals surface area contributed by atoms with Crippen LogP contribution in [0, 0.1) is 0 Å². The Kier molecular flexibility index (Phi) is 3.31. The van der Waals surface area contributed by atoms with Crippen molar-refractivity contribution in [3.63, 3.8) is 0 Å². The molecule has 0 saturated carbocycles. The first-order valence-electron chi connectivity index (χ1n) is 4.30. The third-order valence-corrected chi connectivity index (χ3v) is 1.80. The quantitative estimate of drug-likeness (QED) is 0.621. The van der Waals surface area contributed by atoms with Crippen LogP contribution in [-0.2, 0) is 9.47 Å². The van der Waals surface area contributed by atoms with Crippen LogP contribution in [0.5, 0.6) is 0 Å². The highest BCUT2D eigenvalue weighted by Gasteiger charge is 2.27. The zero-order chi connectivity index (χ0) is 9.84. The Balaban J connectivity index is 2.34. The fourth-order valence-corrected chi connectivity index (χ4v) is 1.09. The molecule has 13 heavy (non-hydrogen) atoms. The first-order chi connectivity index (χ1) is 6.11. The number of cyclic esters (lactones) is 1. The maximum atomic E-state index is 11.1. The summed E-state index contributed by atoms with van der Waals surface area (Å²) < 4.78 is 10.2. The number of hydrogen-bond donors (Lipinski definition) is 0. The molecule has 1 fully saturated rings. The van der Waals surface area contributed by atoms with Crippen LogP contribution in [0.15, 0.2) is 12.2 Å². The van der Waals surface area contributed by atoms with Gasteiger partial charge in [0.1, 0.15) is 12.8 Å². The minimum Gasteiger partial charge on any atom is -0.447 e. The van der Waals surface area contributed by atoms with E-state index in [0.717, 1.165) is 5.57 Å². The highest BCUT2D eigenvalue weighted by atomic mass is 16.6. The van der Waals surface area contributed by atoms with Gasteiger partial charge in [-0.05, 0) is 13.8 Å². The number of carbonyl (C=O) groups is 1. The largest absolute Gasteiger partial charge is 0.447 e. The van der Waals surface area contributed by atoms with Crippen molar-refractivity contribution in [1.29, 1.82) is 0 Å². The molecule has 0 spiro atoms. The molecule has 1 aliphatic rings. The molecule has 1 rings (SSSR count). The van der Waals surface area contributed by atoms with Crippen molar-refractivity contribution in [2.75, 3.05) is 19.8 Å². The van der Waals surface area contributed by atoms with Gasteiger partial charge in [0.15, 0.2) is 0 Å². The molecule has 0 N–H and O–H groups in total. The molecule has 4 nitrogen and oxygen atoms in total. The number of ether oxygens (including phenoxy) is 2. The minimum absolute atomic E-state index is 0.230. The van der Waals surface area contributed by atoms with Crippen LogP contribution in [0.3, 0.4) is 0 Å². The number of amides is 1. The fourth-order valence-electron chi connectivity index (χ4n) is 1.09. The average Bonchev–Trinajstić information content (AvgIpc) is 2.47. The van der Waals surface area contributed by atoms with Gasteiger partial charge >= 0.3 is 6.09 Å². The van der Waals surface area contributed by atoms with Crippen LogP contribution in [0.2, 0.25) is 0 Å². The van der Waals surface area contributed by atoms with Crippen molar-refractivity contribution < 1.29 is 14.3 Å². The first-order valence-corrected chi connectivity index (χ1v) is 4.30. The Morgan fingerprint density at radius 3 is 3.00 bits per heavy atom. The summed E-state index contributed by atoms with van der Waals surface area (Å²) in [5, 5.41) is 0. The predicted molar refractivity (Wildman–Crippen MR) is 48.3 cm³/mol. The topological polar surface area (TPSA) is 38.8 Å². The number of hydrogen-bond acceptors (Lipinski definition) is 3. The second-order valence-corrected chi connectivity index (χ2v) is 3.18. The average molecular weight is 185 g/mol. The summed E-state index contributed by atoms with van der Waals surface area (Å²) in [6.45, 7) is 8.97. The molecular formula is C9H15NO3. The summed E-state index contributed by atoms with van der Waals surface area (Å²) in [6.07, 6.45) is -0.527. The third kappa shape index (κ3) is 2.73. The van der Waals surface area contributed by atoms with E-state index < -0.39 is 0 Å². The zero-order valence-electron chi connectivity index (χ0n) is 8.08. The second-order valence-electron chi connectivity index (χ2n) is 3.18. The van der Waals surface area contributed by atoms with E-state index >= 15 is 0 Å². The molecule has 0 aromatic rings. The minimum atomic E-state index is -0.297. The van der Waals surface area contributed by atoms with E-state index in [1.807, 2.05) is 13.8 Å². The molecule has 1 unspecified atom stereocenters. The fraction of sp³-hybridized carbons (Fsp3) is 0.667. The van der Waals surface area contributed by atoms with Gasteiger partial charge in [0.25, 0.3) is 0 Å². The van der Waals surface area contributed by atoms with Gasteiger partial charge in [-0.1, -0.05) is 12.2 Å². The van der Waals surface area contributed by atoms with Gasteiger partial charge < -0.3 is 9.47 Å². The van der Waals surface area contributed by atoms with E-state index in [9.17, 15) is 4.79 Å². The predicted octanol–water partition coefficient (Wildman–Crippen LogP) is 1.38. The smallest absolute Gasteiger partial charge is 0.412 e. The normalized spacial score (nSPS) is 18.6. The molecule has 1 saturated heterocycles. The second kappa shape index (κ2) is 4.28. The van der Waals surface area contributed by atoms with E-state index in [2.05, 4.69) is 6.58 Å². The van der Waals surface area contributed by atoms with E-state index in [4.69, 9.17) is 9.47 Å². The van der Waals surface area contributed by atoms with Crippen LogP contribution in [0.4, 0.5) is 4.79 Å². The van der Waals surface area contributed by atoms with Gasteiger partial charge in [-0.25, -0.2) is 4.79 Å². The third-order valence-electron chi connectivity index (χ3n) is 1.80. The molecule has 1 atom stereocenters. The Bertz CT molecular complexity index is 215. The highest BCUT2D eigenvalue weighted by molar-refractivity contribution is 5.69. The van der Waals surface area contributed by atoms with Crippen molar-refractivity contribution in [3.05, 3.63) is 12.2 Å². The Labute approximate surface area is 78.1 Å². The molecule has 0 bridgehead atoms. The van der Waals surface area contributed by atoms with Gasteiger partial charge in [-0.2, -0.15) is 0 Å². The first kappa shape index (κ1) is 10.1. The SMILES string of the molecule is C=C(C)COC(C)N1CCOC1=O. The summed E-state index contributed by atoms with van der Waals surface area (Å²) in [4.78, 5) is 12.6. The van der Waals surface area contributed by atoms with Crippen LogP contribution < -0.4 is 0 Å². The molecule has 0 aromatic carbocycles. The van der Waals surface area contributed by atoms with Crippen LogP contribution in [0.25, 0.3) is 0 Å². The molecule has 1 aliphatic heterocycles. The molecule has 0 radical (unpaired) electrons. The van der Waals surface area contributed by atoms with Gasteiger partial charge in [0.05, 0.1) is 13.2 Å². The Hall–Kier alpha value is -1.03. The highest BCUT2D eigenvalue weighted by Crippen LogP contribution is 2.09. The molecule has 1 amide bonds. The van der Waals surface area contributed by atoms with Gasteiger partial charge in [-0.3, -0.25) is 4.90 Å². The molecule has 0 aromatic heterocycles. The molecule has 4 heteroatoms. The molecule has 0 aliphatic carbocycles. The van der Waals surface area contributed by atoms with Crippen LogP contribution in [0.1, 0.15) is 13.8 Å². The van der Waals surface area contributed by atoms with Crippen molar-refractivity contribution in [3.8, 4) is 0 Å². The van der Waals surface area contributed by atoms with Crippen molar-refractivity contribution >= 4 is 6.09 Å². The van der Waals surface area contributed by atoms with E-state index in [0.29, 0.717) is 19.8 Å². The monoisotopic (exact) mass is 185 g/mol. The van der Waals surface area contributed by atoms with Crippen LogP contribution >= 0.6 is 0 Å². The van der Waals surface area contributed by atoms with Gasteiger partial charge in [0.2, 0.25) is 0 Å². The lowest BCUT2D eigenvalue weighted by Crippen LogP contribution is -2.36. The molecular weight excluding hydrogens is 170 g/mol. The van der Waals surface area contributed by atoms with Gasteiger partial charge in [0, 0.05) is 0 Å². The summed E-state index contributed by atoms with van der Waals surface area (Å²) in [7, 11) is 0. The maximum absolute atomic E-state index is 11.1. The number of carbonyl (C=O) groups excluding carboxylic acids is 1. The van der Waals surface area contributed by atoms with Crippen molar-refractivity contribution in [2.24, 2.45) is 0 Å². The summed E-state index contributed by atoms with van der Waals surface area (Å²) in [5.41, 5.74) is 0.944. The van der Waals surface area contributed by atoms with E-state index in [-0.39, 0.29) is 12.3 Å². The van der Waals surface area contributed by atoms with Crippen molar-refractivity contribution in [2.45, 2.75) is 20.1 Å². The summed E-state index contributed by atoms with van der Waals surface area (Å²) in [6, 6.07) is 0. The number of rotatable bonds is 4. The Morgan fingerprint density at radius 2 is 2.54 bits per heavy atom. The standard InChI is InChI=1S/C9H15NO3/c1-7(2)6-13-8(3)10-4-5-12-9(10)11/h8H,1,4-6H2,2-3H3. The maximum Gasteiger partial charge on any atom is 0.412 e. The lowest BCUT2D eigenvalue weighted by Gasteiger charge is -2.21. The molecule has 1 heterocycles. The summed E-state index contributed by atoms with van der Waals surface area (Å²) >= 11 is 0. The van der Waals surface area contributed by atoms with Crippen LogP contribution in [-0.4, -0.2) is 37.0 Å². The molecule has 74 valence electrons. The van der Waals surface area contributed by atoms with Gasteiger partial charge in [-0.15, -0.1) is 0 Å². The lowest BCUT2D eigenvalue weighted by molar-refractivity contribution is -0.00920. The Morgan fingerprint density at radius 1 is 1.85 bits per heavy atom. The number of nitrogens with zero attached hydrogens (tertiary/aromatic N) is 1. The zero-order valence-corrected chi connectivity index (χ0v) is 8.08. The van der Waals surface area contributed by atoms with Crippen molar-refractivity contribution in [1.82, 2.24) is 4.90 Å². The van der Waals surface area contributed by atoms with E-state index in [1.165, 1.54) is 0 Å². The summed E-state index contributed by atoms with van der Waals surface area (Å²) in [5.74, 6) is 0. The van der Waals surface area contributed by atoms with E-state index in [1.54, 1.807) is 4.90 Å².